The van der Waals surface area contributed by atoms with Crippen LogP contribution in [-0.4, -0.2) is 14.6 Å². The van der Waals surface area contributed by atoms with Crippen LogP contribution in [-0.2, 0) is 0 Å². The molecule has 2 aromatic carbocycles. The number of nitrogens with zero attached hydrogens (tertiary/aromatic N) is 3. The molecule has 0 unspecified atom stereocenters. The molecule has 0 aliphatic heterocycles. The zero-order valence-electron chi connectivity index (χ0n) is 12.7. The highest BCUT2D eigenvalue weighted by Crippen LogP contribution is 2.18. The predicted molar refractivity (Wildman–Crippen MR) is 97.5 cm³/mol. The molecule has 0 N–H and O–H groups in total. The summed E-state index contributed by atoms with van der Waals surface area (Å²) >= 11 is 7.46. The third-order valence-electron chi connectivity index (χ3n) is 3.68. The quantitative estimate of drug-likeness (QED) is 0.555. The Morgan fingerprint density at radius 1 is 1.12 bits per heavy atom. The van der Waals surface area contributed by atoms with Crippen molar-refractivity contribution in [3.63, 3.8) is 0 Å². The molecule has 0 saturated heterocycles. The lowest BCUT2D eigenvalue weighted by Crippen LogP contribution is -2.23. The number of thiazole rings is 1. The molecular formula is C18H12ClN3OS. The fourth-order valence-electron chi connectivity index (χ4n) is 2.39. The van der Waals surface area contributed by atoms with Crippen LogP contribution < -0.4 is 10.1 Å². The number of aryl methyl sites for hydroxylation is 1. The Balaban J connectivity index is 1.83. The van der Waals surface area contributed by atoms with Gasteiger partial charge >= 0.3 is 0 Å². The van der Waals surface area contributed by atoms with Crippen LogP contribution in [0.15, 0.2) is 53.3 Å². The SMILES string of the molecule is Cc1ccc(-c2nc3s/c(=C\c4ccccc4Cl)c(=O)n3n2)cc1. The molecule has 0 aliphatic carbocycles. The standard InChI is InChI=1S/C18H12ClN3OS/c1-11-6-8-12(9-7-11)16-20-18-22(21-16)17(23)15(24-18)10-13-4-2-3-5-14(13)19/h2-10H,1H3/b15-10-. The molecule has 24 heavy (non-hydrogen) atoms. The summed E-state index contributed by atoms with van der Waals surface area (Å²) in [7, 11) is 0. The van der Waals surface area contributed by atoms with Gasteiger partial charge in [-0.25, -0.2) is 0 Å². The van der Waals surface area contributed by atoms with E-state index in [4.69, 9.17) is 11.6 Å². The number of benzene rings is 2. The molecule has 4 rings (SSSR count). The van der Waals surface area contributed by atoms with Gasteiger partial charge in [0.2, 0.25) is 4.96 Å². The van der Waals surface area contributed by atoms with Crippen LogP contribution in [0.25, 0.3) is 22.4 Å². The summed E-state index contributed by atoms with van der Waals surface area (Å²) in [5.41, 5.74) is 2.69. The third-order valence-corrected chi connectivity index (χ3v) is 4.99. The minimum atomic E-state index is -0.180. The van der Waals surface area contributed by atoms with E-state index in [9.17, 15) is 4.79 Å². The second-order valence-electron chi connectivity index (χ2n) is 5.43. The Kier molecular flexibility index (Phi) is 3.67. The molecule has 0 amide bonds. The van der Waals surface area contributed by atoms with Crippen LogP contribution >= 0.6 is 22.9 Å². The lowest BCUT2D eigenvalue weighted by Gasteiger charge is -1.95. The average Bonchev–Trinajstić information content (AvgIpc) is 3.11. The molecule has 0 spiro atoms. The average molecular weight is 354 g/mol. The highest BCUT2D eigenvalue weighted by Gasteiger charge is 2.12. The Hall–Kier alpha value is -2.50. The fraction of sp³-hybridized carbons (Fsp3) is 0.0556. The van der Waals surface area contributed by atoms with Gasteiger partial charge in [0.05, 0.1) is 4.53 Å². The molecular weight excluding hydrogens is 342 g/mol. The first-order chi connectivity index (χ1) is 11.6. The summed E-state index contributed by atoms with van der Waals surface area (Å²) in [6.07, 6.45) is 1.78. The number of rotatable bonds is 2. The van der Waals surface area contributed by atoms with Crippen LogP contribution in [0.5, 0.6) is 0 Å². The molecule has 0 fully saturated rings. The van der Waals surface area contributed by atoms with Crippen LogP contribution in [0, 0.1) is 6.92 Å². The van der Waals surface area contributed by atoms with Crippen molar-refractivity contribution < 1.29 is 0 Å². The number of hydrogen-bond acceptors (Lipinski definition) is 4. The number of fused-ring (bicyclic) bond motifs is 1. The molecule has 0 aliphatic rings. The normalized spacial score (nSPS) is 12.2. The van der Waals surface area contributed by atoms with Crippen molar-refractivity contribution >= 4 is 34.0 Å². The van der Waals surface area contributed by atoms with Crippen LogP contribution in [0.1, 0.15) is 11.1 Å². The first-order valence-corrected chi connectivity index (χ1v) is 8.54. The van der Waals surface area contributed by atoms with Crippen LogP contribution in [0.3, 0.4) is 0 Å². The number of halogens is 1. The highest BCUT2D eigenvalue weighted by atomic mass is 35.5. The lowest BCUT2D eigenvalue weighted by atomic mass is 10.1. The first kappa shape index (κ1) is 15.1. The van der Waals surface area contributed by atoms with E-state index in [2.05, 4.69) is 10.1 Å². The predicted octanol–water partition coefficient (Wildman–Crippen LogP) is 3.33. The third kappa shape index (κ3) is 2.62. The minimum absolute atomic E-state index is 0.180. The maximum Gasteiger partial charge on any atom is 0.291 e. The van der Waals surface area contributed by atoms with Gasteiger partial charge in [0.25, 0.3) is 5.56 Å². The second kappa shape index (κ2) is 5.85. The summed E-state index contributed by atoms with van der Waals surface area (Å²) < 4.78 is 1.91. The lowest BCUT2D eigenvalue weighted by molar-refractivity contribution is 0.937. The molecule has 2 heterocycles. The summed E-state index contributed by atoms with van der Waals surface area (Å²) in [5.74, 6) is 0.558. The van der Waals surface area contributed by atoms with E-state index in [1.165, 1.54) is 21.4 Å². The van der Waals surface area contributed by atoms with E-state index in [-0.39, 0.29) is 5.56 Å². The Morgan fingerprint density at radius 3 is 2.58 bits per heavy atom. The minimum Gasteiger partial charge on any atom is -0.266 e. The Morgan fingerprint density at radius 2 is 1.88 bits per heavy atom. The molecule has 0 atom stereocenters. The van der Waals surface area contributed by atoms with Gasteiger partial charge in [0, 0.05) is 10.6 Å². The maximum absolute atomic E-state index is 12.5. The van der Waals surface area contributed by atoms with Gasteiger partial charge in [-0.15, -0.1) is 5.10 Å². The summed E-state index contributed by atoms with van der Waals surface area (Å²) in [4.78, 5) is 17.6. The van der Waals surface area contributed by atoms with E-state index in [0.717, 1.165) is 11.1 Å². The zero-order valence-corrected chi connectivity index (χ0v) is 14.3. The first-order valence-electron chi connectivity index (χ1n) is 7.35. The van der Waals surface area contributed by atoms with Crippen molar-refractivity contribution in [3.05, 3.63) is 79.6 Å². The summed E-state index contributed by atoms with van der Waals surface area (Å²) in [5, 5.41) is 4.95. The van der Waals surface area contributed by atoms with E-state index in [1.807, 2.05) is 49.4 Å². The van der Waals surface area contributed by atoms with E-state index < -0.39 is 0 Å². The molecule has 0 bridgehead atoms. The largest absolute Gasteiger partial charge is 0.291 e. The molecule has 2 aromatic heterocycles. The van der Waals surface area contributed by atoms with Crippen molar-refractivity contribution in [1.29, 1.82) is 0 Å². The second-order valence-corrected chi connectivity index (χ2v) is 6.85. The van der Waals surface area contributed by atoms with Gasteiger partial charge in [-0.3, -0.25) is 4.79 Å². The van der Waals surface area contributed by atoms with Gasteiger partial charge in [-0.2, -0.15) is 9.50 Å². The van der Waals surface area contributed by atoms with Gasteiger partial charge in [0.15, 0.2) is 5.82 Å². The smallest absolute Gasteiger partial charge is 0.266 e. The van der Waals surface area contributed by atoms with Crippen molar-refractivity contribution in [2.24, 2.45) is 0 Å². The highest BCUT2D eigenvalue weighted by molar-refractivity contribution is 7.15. The van der Waals surface area contributed by atoms with Crippen LogP contribution in [0.4, 0.5) is 0 Å². The van der Waals surface area contributed by atoms with Crippen LogP contribution in [0.2, 0.25) is 5.02 Å². The number of hydrogen-bond donors (Lipinski definition) is 0. The topological polar surface area (TPSA) is 47.3 Å². The van der Waals surface area contributed by atoms with Gasteiger partial charge in [-0.1, -0.05) is 71.0 Å². The van der Waals surface area contributed by atoms with E-state index >= 15 is 0 Å². The summed E-state index contributed by atoms with van der Waals surface area (Å²) in [6.45, 7) is 2.02. The van der Waals surface area contributed by atoms with E-state index in [0.29, 0.717) is 20.3 Å². The molecule has 4 nitrogen and oxygen atoms in total. The maximum atomic E-state index is 12.5. The van der Waals surface area contributed by atoms with Crippen molar-refractivity contribution in [1.82, 2.24) is 14.6 Å². The Labute approximate surface area is 146 Å². The zero-order chi connectivity index (χ0) is 16.7. The molecule has 118 valence electrons. The number of aromatic nitrogens is 3. The fourth-order valence-corrected chi connectivity index (χ4v) is 3.48. The summed E-state index contributed by atoms with van der Waals surface area (Å²) in [6, 6.07) is 15.3. The van der Waals surface area contributed by atoms with Gasteiger partial charge in [-0.05, 0) is 24.6 Å². The van der Waals surface area contributed by atoms with Crippen molar-refractivity contribution in [2.45, 2.75) is 6.92 Å². The molecule has 4 aromatic rings. The van der Waals surface area contributed by atoms with Gasteiger partial charge < -0.3 is 0 Å². The van der Waals surface area contributed by atoms with Crippen molar-refractivity contribution in [3.8, 4) is 11.4 Å². The Bertz CT molecular complexity index is 1150. The monoisotopic (exact) mass is 353 g/mol. The van der Waals surface area contributed by atoms with E-state index in [1.54, 1.807) is 12.1 Å². The molecule has 0 saturated carbocycles. The van der Waals surface area contributed by atoms with Crippen molar-refractivity contribution in [2.75, 3.05) is 0 Å². The van der Waals surface area contributed by atoms with Gasteiger partial charge in [0.1, 0.15) is 0 Å². The molecule has 6 heteroatoms. The molecule has 0 radical (unpaired) electrons.